The third kappa shape index (κ3) is 3.03. The van der Waals surface area contributed by atoms with Crippen molar-refractivity contribution in [1.29, 1.82) is 0 Å². The zero-order chi connectivity index (χ0) is 21.7. The number of carbonyl (C=O) groups excluding carboxylic acids is 1. The number of oxazole rings is 1. The molecule has 1 aliphatic heterocycles. The monoisotopic (exact) mass is 441 g/mol. The quantitative estimate of drug-likeness (QED) is 0.436. The smallest absolute Gasteiger partial charge is 0.292 e. The topological polar surface area (TPSA) is 87.9 Å². The van der Waals surface area contributed by atoms with Crippen LogP contribution in [0.4, 0.5) is 0 Å². The lowest BCUT2D eigenvalue weighted by atomic mass is 10.0. The number of fused-ring (bicyclic) bond motifs is 2. The Morgan fingerprint density at radius 1 is 1.12 bits per heavy atom. The molecule has 0 unspecified atom stereocenters. The molecule has 4 heterocycles. The van der Waals surface area contributed by atoms with E-state index in [1.54, 1.807) is 24.6 Å². The molecular formula is C24H19N5O2S. The van der Waals surface area contributed by atoms with E-state index in [4.69, 9.17) is 9.40 Å². The van der Waals surface area contributed by atoms with Crippen LogP contribution in [0.2, 0.25) is 0 Å². The average Bonchev–Trinajstić information content (AvgIpc) is 3.56. The first-order chi connectivity index (χ1) is 15.7. The third-order valence-electron chi connectivity index (χ3n) is 5.71. The molecule has 3 aromatic heterocycles. The SMILES string of the molecule is Cc1nc(-c2ccccc2)c(C(=O)N2CCc3[nH]cnc3[C@H]2c2nc3ccccc3s2)o1. The second-order valence-corrected chi connectivity index (χ2v) is 8.78. The van der Waals surface area contributed by atoms with Crippen molar-refractivity contribution in [2.24, 2.45) is 0 Å². The molecule has 158 valence electrons. The molecule has 1 atom stereocenters. The minimum atomic E-state index is -0.385. The van der Waals surface area contributed by atoms with Crippen LogP contribution in [0.3, 0.4) is 0 Å². The second kappa shape index (κ2) is 7.42. The minimum Gasteiger partial charge on any atom is -0.435 e. The van der Waals surface area contributed by atoms with Crippen molar-refractivity contribution in [2.45, 2.75) is 19.4 Å². The molecule has 0 aliphatic carbocycles. The van der Waals surface area contributed by atoms with Gasteiger partial charge >= 0.3 is 0 Å². The number of nitrogens with zero attached hydrogens (tertiary/aromatic N) is 4. The van der Waals surface area contributed by atoms with E-state index in [9.17, 15) is 4.79 Å². The first kappa shape index (κ1) is 18.9. The predicted molar refractivity (Wildman–Crippen MR) is 121 cm³/mol. The minimum absolute atomic E-state index is 0.206. The van der Waals surface area contributed by atoms with E-state index >= 15 is 0 Å². The van der Waals surface area contributed by atoms with E-state index in [2.05, 4.69) is 15.0 Å². The zero-order valence-corrected chi connectivity index (χ0v) is 18.1. The van der Waals surface area contributed by atoms with Crippen LogP contribution < -0.4 is 0 Å². The summed E-state index contributed by atoms with van der Waals surface area (Å²) >= 11 is 1.59. The van der Waals surface area contributed by atoms with Gasteiger partial charge in [-0.1, -0.05) is 42.5 Å². The molecular weight excluding hydrogens is 422 g/mol. The van der Waals surface area contributed by atoms with Crippen LogP contribution >= 0.6 is 11.3 Å². The van der Waals surface area contributed by atoms with Crippen molar-refractivity contribution in [3.05, 3.63) is 89.0 Å². The number of nitrogens with one attached hydrogen (secondary N) is 1. The molecule has 0 radical (unpaired) electrons. The molecule has 8 heteroatoms. The number of amides is 1. The van der Waals surface area contributed by atoms with Crippen molar-refractivity contribution in [3.63, 3.8) is 0 Å². The molecule has 0 fully saturated rings. The highest BCUT2D eigenvalue weighted by Gasteiger charge is 2.38. The van der Waals surface area contributed by atoms with Crippen LogP contribution in [0.15, 0.2) is 65.3 Å². The van der Waals surface area contributed by atoms with Gasteiger partial charge in [0.1, 0.15) is 16.7 Å². The first-order valence-corrected chi connectivity index (χ1v) is 11.2. The Hall–Kier alpha value is -3.78. The number of benzene rings is 2. The Morgan fingerprint density at radius 2 is 1.94 bits per heavy atom. The molecule has 32 heavy (non-hydrogen) atoms. The van der Waals surface area contributed by atoms with E-state index in [1.807, 2.05) is 59.5 Å². The number of aromatic nitrogens is 4. The van der Waals surface area contributed by atoms with Crippen molar-refractivity contribution in [1.82, 2.24) is 24.8 Å². The molecule has 5 aromatic rings. The highest BCUT2D eigenvalue weighted by molar-refractivity contribution is 7.18. The molecule has 6 rings (SSSR count). The maximum Gasteiger partial charge on any atom is 0.292 e. The summed E-state index contributed by atoms with van der Waals surface area (Å²) in [5.41, 5.74) is 4.20. The summed E-state index contributed by atoms with van der Waals surface area (Å²) in [7, 11) is 0. The summed E-state index contributed by atoms with van der Waals surface area (Å²) in [5, 5.41) is 0.838. The van der Waals surface area contributed by atoms with Gasteiger partial charge in [0.25, 0.3) is 5.91 Å². The van der Waals surface area contributed by atoms with Crippen LogP contribution in [0.5, 0.6) is 0 Å². The summed E-state index contributed by atoms with van der Waals surface area (Å²) in [6.07, 6.45) is 2.38. The Bertz CT molecular complexity index is 1400. The van der Waals surface area contributed by atoms with Gasteiger partial charge in [-0.25, -0.2) is 15.0 Å². The van der Waals surface area contributed by atoms with Crippen LogP contribution in [-0.4, -0.2) is 37.3 Å². The number of hydrogen-bond acceptors (Lipinski definition) is 6. The average molecular weight is 442 g/mol. The molecule has 1 aliphatic rings. The highest BCUT2D eigenvalue weighted by Crippen LogP contribution is 2.39. The molecule has 0 bridgehead atoms. The second-order valence-electron chi connectivity index (χ2n) is 7.71. The van der Waals surface area contributed by atoms with Crippen LogP contribution in [0.1, 0.15) is 38.9 Å². The lowest BCUT2D eigenvalue weighted by molar-refractivity contribution is 0.0657. The van der Waals surface area contributed by atoms with Gasteiger partial charge in [0.05, 0.1) is 22.2 Å². The number of aromatic amines is 1. The van der Waals surface area contributed by atoms with Crippen LogP contribution in [-0.2, 0) is 6.42 Å². The van der Waals surface area contributed by atoms with E-state index in [1.165, 1.54) is 0 Å². The van der Waals surface area contributed by atoms with Crippen molar-refractivity contribution >= 4 is 27.5 Å². The Labute approximate surface area is 187 Å². The predicted octanol–water partition coefficient (Wildman–Crippen LogP) is 4.77. The largest absolute Gasteiger partial charge is 0.435 e. The zero-order valence-electron chi connectivity index (χ0n) is 17.3. The van der Waals surface area contributed by atoms with E-state index < -0.39 is 0 Å². The molecule has 0 saturated carbocycles. The van der Waals surface area contributed by atoms with E-state index in [0.717, 1.165) is 32.2 Å². The molecule has 7 nitrogen and oxygen atoms in total. The van der Waals surface area contributed by atoms with E-state index in [0.29, 0.717) is 24.6 Å². The number of aryl methyl sites for hydroxylation is 1. The highest BCUT2D eigenvalue weighted by atomic mass is 32.1. The fraction of sp³-hybridized carbons (Fsp3) is 0.167. The van der Waals surface area contributed by atoms with Gasteiger partial charge in [-0.2, -0.15) is 0 Å². The number of H-pyrrole nitrogens is 1. The lowest BCUT2D eigenvalue weighted by Gasteiger charge is -2.33. The third-order valence-corrected chi connectivity index (χ3v) is 6.79. The number of carbonyl (C=O) groups is 1. The standard InChI is InChI=1S/C24H19N5O2S/c1-14-27-19(15-7-3-2-4-8-15)22(31-14)24(30)29-12-11-17-20(26-13-25-17)21(29)23-28-16-9-5-6-10-18(16)32-23/h2-10,13,21H,11-12H2,1H3,(H,25,26)/t21-/m0/s1. The molecule has 1 N–H and O–H groups in total. The Morgan fingerprint density at radius 3 is 2.78 bits per heavy atom. The number of thiazole rings is 1. The van der Waals surface area contributed by atoms with Gasteiger partial charge in [-0.15, -0.1) is 11.3 Å². The van der Waals surface area contributed by atoms with Gasteiger partial charge in [0, 0.05) is 31.1 Å². The molecule has 2 aromatic carbocycles. The maximum atomic E-state index is 13.9. The fourth-order valence-corrected chi connectivity index (χ4v) is 5.33. The summed E-state index contributed by atoms with van der Waals surface area (Å²) in [4.78, 5) is 32.8. The molecule has 0 spiro atoms. The van der Waals surface area contributed by atoms with Crippen molar-refractivity contribution < 1.29 is 9.21 Å². The molecule has 0 saturated heterocycles. The summed E-state index contributed by atoms with van der Waals surface area (Å²) < 4.78 is 6.93. The number of imidazole rings is 1. The lowest BCUT2D eigenvalue weighted by Crippen LogP contribution is -2.40. The maximum absolute atomic E-state index is 13.9. The first-order valence-electron chi connectivity index (χ1n) is 10.4. The Kier molecular flexibility index (Phi) is 4.39. The van der Waals surface area contributed by atoms with Crippen LogP contribution in [0.25, 0.3) is 21.5 Å². The van der Waals surface area contributed by atoms with Crippen molar-refractivity contribution in [3.8, 4) is 11.3 Å². The summed E-state index contributed by atoms with van der Waals surface area (Å²) in [6, 6.07) is 17.3. The van der Waals surface area contributed by atoms with Crippen LogP contribution in [0, 0.1) is 6.92 Å². The van der Waals surface area contributed by atoms with Gasteiger partial charge in [0.15, 0.2) is 5.89 Å². The number of rotatable bonds is 3. The summed E-state index contributed by atoms with van der Waals surface area (Å²) in [6.45, 7) is 2.29. The number of hydrogen-bond donors (Lipinski definition) is 1. The van der Waals surface area contributed by atoms with Gasteiger partial charge in [-0.3, -0.25) is 4.79 Å². The summed E-state index contributed by atoms with van der Waals surface area (Å²) in [5.74, 6) is 0.502. The Balaban J connectivity index is 1.47. The van der Waals surface area contributed by atoms with Gasteiger partial charge < -0.3 is 14.3 Å². The molecule has 1 amide bonds. The number of para-hydroxylation sites is 1. The normalized spacial score (nSPS) is 15.8. The fourth-order valence-electron chi connectivity index (χ4n) is 4.25. The van der Waals surface area contributed by atoms with Gasteiger partial charge in [-0.05, 0) is 12.1 Å². The van der Waals surface area contributed by atoms with Gasteiger partial charge in [0.2, 0.25) is 5.76 Å². The van der Waals surface area contributed by atoms with E-state index in [-0.39, 0.29) is 17.7 Å². The van der Waals surface area contributed by atoms with Crippen molar-refractivity contribution in [2.75, 3.05) is 6.54 Å².